The van der Waals surface area contributed by atoms with E-state index in [2.05, 4.69) is 21.7 Å². The van der Waals surface area contributed by atoms with Gasteiger partial charge < -0.3 is 25.2 Å². The van der Waals surface area contributed by atoms with Crippen LogP contribution in [0, 0.1) is 0 Å². The maximum absolute atomic E-state index is 9.61. The van der Waals surface area contributed by atoms with Gasteiger partial charge >= 0.3 is 0 Å². The highest BCUT2D eigenvalue weighted by Gasteiger charge is 2.08. The fourth-order valence-electron chi connectivity index (χ4n) is 4.20. The topological polar surface area (TPSA) is 88.5 Å². The van der Waals surface area contributed by atoms with Crippen molar-refractivity contribution in [2.75, 3.05) is 31.6 Å². The number of aromatic nitrogens is 2. The lowest BCUT2D eigenvalue weighted by atomic mass is 10.1. The predicted octanol–water partition coefficient (Wildman–Crippen LogP) is 5.06. The number of unbranched alkanes of at least 4 members (excludes halogenated alkanes) is 1. The Morgan fingerprint density at radius 1 is 0.944 bits per heavy atom. The Morgan fingerprint density at radius 3 is 2.69 bits per heavy atom. The van der Waals surface area contributed by atoms with Crippen molar-refractivity contribution in [2.45, 2.75) is 45.9 Å². The molecule has 190 valence electrons. The number of aliphatic hydroxyl groups excluding tert-OH is 1. The summed E-state index contributed by atoms with van der Waals surface area (Å²) in [5.41, 5.74) is 2.93. The highest BCUT2D eigenvalue weighted by molar-refractivity contribution is 6.09. The Balaban J connectivity index is 1.13. The second-order valence-corrected chi connectivity index (χ2v) is 9.09. The molecule has 0 amide bonds. The van der Waals surface area contributed by atoms with Crippen LogP contribution in [0.4, 0.5) is 5.82 Å². The van der Waals surface area contributed by atoms with Gasteiger partial charge in [0.25, 0.3) is 0 Å². The minimum absolute atomic E-state index is 0.0214. The lowest BCUT2D eigenvalue weighted by Gasteiger charge is -2.14. The first-order chi connectivity index (χ1) is 17.7. The molecule has 36 heavy (non-hydrogen) atoms. The van der Waals surface area contributed by atoms with Crippen molar-refractivity contribution in [1.29, 1.82) is 0 Å². The third-order valence-corrected chi connectivity index (χ3v) is 5.92. The van der Waals surface area contributed by atoms with E-state index < -0.39 is 0 Å². The average molecular weight is 489 g/mol. The molecule has 2 aromatic heterocycles. The lowest BCUT2D eigenvalue weighted by molar-refractivity contribution is 0.140. The molecule has 7 heteroatoms. The number of rotatable bonds is 14. The molecule has 0 radical (unpaired) electrons. The van der Waals surface area contributed by atoms with Gasteiger partial charge in [-0.25, -0.2) is 4.98 Å². The van der Waals surface area contributed by atoms with Crippen LogP contribution < -0.4 is 15.4 Å². The summed E-state index contributed by atoms with van der Waals surface area (Å²) in [6.07, 6.45) is 5.83. The Kier molecular flexibility index (Phi) is 9.44. The van der Waals surface area contributed by atoms with Crippen LogP contribution >= 0.6 is 0 Å². The molecule has 0 saturated heterocycles. The van der Waals surface area contributed by atoms with E-state index in [0.717, 1.165) is 76.9 Å². The Labute approximate surface area is 212 Å². The zero-order chi connectivity index (χ0) is 25.2. The van der Waals surface area contributed by atoms with Crippen molar-refractivity contribution < 1.29 is 14.6 Å². The van der Waals surface area contributed by atoms with Gasteiger partial charge in [-0.05, 0) is 63.1 Å². The van der Waals surface area contributed by atoms with Gasteiger partial charge in [0.05, 0.1) is 24.8 Å². The SMILES string of the molecule is CC(C)Oc1ccc(CNCCCCOCCNc2nc3ccccc3c3cnccc23)cc1CO. The average Bonchev–Trinajstić information content (AvgIpc) is 2.90. The van der Waals surface area contributed by atoms with Crippen molar-refractivity contribution in [3.63, 3.8) is 0 Å². The molecule has 0 unspecified atom stereocenters. The van der Waals surface area contributed by atoms with Crippen molar-refractivity contribution in [2.24, 2.45) is 0 Å². The molecule has 2 aromatic carbocycles. The molecule has 0 saturated carbocycles. The Morgan fingerprint density at radius 2 is 1.83 bits per heavy atom. The largest absolute Gasteiger partial charge is 0.491 e. The summed E-state index contributed by atoms with van der Waals surface area (Å²) in [5.74, 6) is 1.62. The zero-order valence-electron chi connectivity index (χ0n) is 21.2. The first kappa shape index (κ1) is 25.8. The predicted molar refractivity (Wildman–Crippen MR) is 145 cm³/mol. The molecule has 0 aliphatic rings. The fourth-order valence-corrected chi connectivity index (χ4v) is 4.20. The minimum Gasteiger partial charge on any atom is -0.491 e. The number of pyridine rings is 2. The number of ether oxygens (including phenoxy) is 2. The molecule has 0 spiro atoms. The number of hydrogen-bond donors (Lipinski definition) is 3. The lowest BCUT2D eigenvalue weighted by Crippen LogP contribution is -2.16. The van der Waals surface area contributed by atoms with E-state index in [1.807, 2.05) is 62.5 Å². The van der Waals surface area contributed by atoms with Gasteiger partial charge in [-0.2, -0.15) is 0 Å². The zero-order valence-corrected chi connectivity index (χ0v) is 21.2. The van der Waals surface area contributed by atoms with E-state index >= 15 is 0 Å². The van der Waals surface area contributed by atoms with Crippen LogP contribution in [0.1, 0.15) is 37.8 Å². The number of aliphatic hydroxyl groups is 1. The normalized spacial score (nSPS) is 11.4. The van der Waals surface area contributed by atoms with Crippen LogP contribution in [0.15, 0.2) is 60.9 Å². The highest BCUT2D eigenvalue weighted by atomic mass is 16.5. The number of anilines is 1. The second-order valence-electron chi connectivity index (χ2n) is 9.09. The van der Waals surface area contributed by atoms with Crippen LogP contribution in [0.5, 0.6) is 5.75 Å². The number of benzene rings is 2. The molecule has 0 bridgehead atoms. The molecule has 4 rings (SSSR count). The maximum Gasteiger partial charge on any atom is 0.134 e. The van der Waals surface area contributed by atoms with Gasteiger partial charge in [-0.3, -0.25) is 4.98 Å². The van der Waals surface area contributed by atoms with Crippen LogP contribution in [0.3, 0.4) is 0 Å². The molecule has 0 fully saturated rings. The van der Waals surface area contributed by atoms with E-state index in [4.69, 9.17) is 14.5 Å². The van der Waals surface area contributed by atoms with E-state index in [-0.39, 0.29) is 12.7 Å². The molecule has 7 nitrogen and oxygen atoms in total. The summed E-state index contributed by atoms with van der Waals surface area (Å²) in [7, 11) is 0. The molecule has 3 N–H and O–H groups in total. The molecule has 0 atom stereocenters. The Hall–Kier alpha value is -3.26. The summed E-state index contributed by atoms with van der Waals surface area (Å²) >= 11 is 0. The van der Waals surface area contributed by atoms with Gasteiger partial charge in [0, 0.05) is 53.8 Å². The minimum atomic E-state index is -0.0214. The smallest absolute Gasteiger partial charge is 0.134 e. The molecule has 0 aliphatic heterocycles. The summed E-state index contributed by atoms with van der Waals surface area (Å²) in [4.78, 5) is 9.09. The summed E-state index contributed by atoms with van der Waals surface area (Å²) < 4.78 is 11.6. The number of fused-ring (bicyclic) bond motifs is 3. The number of nitrogens with one attached hydrogen (secondary N) is 2. The third-order valence-electron chi connectivity index (χ3n) is 5.92. The van der Waals surface area contributed by atoms with Gasteiger partial charge in [0.1, 0.15) is 11.6 Å². The van der Waals surface area contributed by atoms with Crippen molar-refractivity contribution in [3.8, 4) is 5.75 Å². The van der Waals surface area contributed by atoms with Crippen LogP contribution in [0.2, 0.25) is 0 Å². The summed E-state index contributed by atoms with van der Waals surface area (Å²) in [5, 5.41) is 19.8. The number of para-hydroxylation sites is 1. The van der Waals surface area contributed by atoms with Gasteiger partial charge in [0.15, 0.2) is 0 Å². The van der Waals surface area contributed by atoms with E-state index in [1.165, 1.54) is 0 Å². The first-order valence-corrected chi connectivity index (χ1v) is 12.7. The third kappa shape index (κ3) is 6.91. The quantitative estimate of drug-likeness (QED) is 0.169. The Bertz CT molecular complexity index is 1260. The van der Waals surface area contributed by atoms with E-state index in [9.17, 15) is 5.11 Å². The highest BCUT2D eigenvalue weighted by Crippen LogP contribution is 2.28. The van der Waals surface area contributed by atoms with Gasteiger partial charge in [-0.15, -0.1) is 0 Å². The van der Waals surface area contributed by atoms with Crippen LogP contribution in [-0.4, -0.2) is 47.5 Å². The van der Waals surface area contributed by atoms with Crippen LogP contribution in [-0.2, 0) is 17.9 Å². The monoisotopic (exact) mass is 488 g/mol. The molecular weight excluding hydrogens is 452 g/mol. The van der Waals surface area contributed by atoms with Gasteiger partial charge in [-0.1, -0.05) is 24.3 Å². The standard InChI is InChI=1S/C29H36N4O3/c1-21(2)36-28-10-9-22(17-23(28)20-34)18-30-12-5-6-15-35-16-14-32-29-25-11-13-31-19-26(25)24-7-3-4-8-27(24)33-29/h3-4,7-11,13,17,19,21,30,34H,5-6,12,14-16,18,20H2,1-2H3,(H,32,33). The molecule has 0 aliphatic carbocycles. The summed E-state index contributed by atoms with van der Waals surface area (Å²) in [6.45, 7) is 7.69. The summed E-state index contributed by atoms with van der Waals surface area (Å²) in [6, 6.07) is 16.1. The number of nitrogens with zero attached hydrogens (tertiary/aromatic N) is 2. The van der Waals surface area contributed by atoms with E-state index in [0.29, 0.717) is 13.2 Å². The van der Waals surface area contributed by atoms with Crippen LogP contribution in [0.25, 0.3) is 21.7 Å². The molecular formula is C29H36N4O3. The van der Waals surface area contributed by atoms with Crippen molar-refractivity contribution in [3.05, 3.63) is 72.1 Å². The van der Waals surface area contributed by atoms with E-state index in [1.54, 1.807) is 6.20 Å². The first-order valence-electron chi connectivity index (χ1n) is 12.7. The van der Waals surface area contributed by atoms with Crippen molar-refractivity contribution in [1.82, 2.24) is 15.3 Å². The molecule has 2 heterocycles. The second kappa shape index (κ2) is 13.2. The molecule has 4 aromatic rings. The van der Waals surface area contributed by atoms with Crippen molar-refractivity contribution >= 4 is 27.5 Å². The van der Waals surface area contributed by atoms with Gasteiger partial charge in [0.2, 0.25) is 0 Å². The fraction of sp³-hybridized carbons (Fsp3) is 0.379. The maximum atomic E-state index is 9.61. The number of hydrogen-bond acceptors (Lipinski definition) is 7.